The number of anilines is 1. The molecule has 4 rings (SSSR count). The van der Waals surface area contributed by atoms with Crippen molar-refractivity contribution in [2.75, 3.05) is 18.0 Å². The van der Waals surface area contributed by atoms with Crippen molar-refractivity contribution in [2.24, 2.45) is 0 Å². The number of piperidine rings is 1. The summed E-state index contributed by atoms with van der Waals surface area (Å²) in [5, 5.41) is 23.5. The van der Waals surface area contributed by atoms with Crippen molar-refractivity contribution in [3.63, 3.8) is 0 Å². The summed E-state index contributed by atoms with van der Waals surface area (Å²) >= 11 is 0. The highest BCUT2D eigenvalue weighted by Crippen LogP contribution is 2.39. The number of non-ortho nitro benzene ring substituents is 1. The molecule has 1 fully saturated rings. The number of halogens is 3. The number of aliphatic hydroxyl groups is 1. The van der Waals surface area contributed by atoms with Gasteiger partial charge in [0.25, 0.3) is 5.69 Å². The highest BCUT2D eigenvalue weighted by Gasteiger charge is 2.36. The highest BCUT2D eigenvalue weighted by molar-refractivity contribution is 5.99. The van der Waals surface area contributed by atoms with Crippen LogP contribution in [0.25, 0.3) is 10.8 Å². The average Bonchev–Trinajstić information content (AvgIpc) is 2.72. The number of hydrogen-bond acceptors (Lipinski definition) is 6. The van der Waals surface area contributed by atoms with Crippen molar-refractivity contribution in [3.05, 3.63) is 70.5 Å². The Kier molecular flexibility index (Phi) is 5.18. The number of hydrogen-bond donors (Lipinski definition) is 1. The first-order valence-electron chi connectivity index (χ1n) is 9.51. The van der Waals surface area contributed by atoms with Crippen molar-refractivity contribution in [1.82, 2.24) is 4.98 Å². The van der Waals surface area contributed by atoms with E-state index in [1.807, 2.05) is 4.90 Å². The van der Waals surface area contributed by atoms with Crippen LogP contribution >= 0.6 is 0 Å². The van der Waals surface area contributed by atoms with Gasteiger partial charge in [0.1, 0.15) is 5.75 Å². The molecule has 0 unspecified atom stereocenters. The van der Waals surface area contributed by atoms with Crippen LogP contribution in [0, 0.1) is 10.1 Å². The standard InChI is InChI=1S/C21H18F3N3O4/c22-21(23,24)31-15-3-1-2-14(12-15)20(28)7-10-26(11-8-20)18-4-5-19(27(29)30)17-13-25-9-6-16(17)18/h1-6,9,12-13,28H,7-8,10-11H2. The van der Waals surface area contributed by atoms with Crippen molar-refractivity contribution < 1.29 is 27.9 Å². The number of nitro benzene ring substituents is 1. The van der Waals surface area contributed by atoms with Crippen LogP contribution in [0.5, 0.6) is 5.75 Å². The Morgan fingerprint density at radius 3 is 2.55 bits per heavy atom. The molecule has 10 heteroatoms. The molecule has 0 atom stereocenters. The van der Waals surface area contributed by atoms with E-state index >= 15 is 0 Å². The number of rotatable bonds is 4. The number of nitro groups is 1. The minimum Gasteiger partial charge on any atom is -0.406 e. The van der Waals surface area contributed by atoms with Crippen LogP contribution in [0.2, 0.25) is 0 Å². The summed E-state index contributed by atoms with van der Waals surface area (Å²) in [6.45, 7) is 0.826. The third kappa shape index (κ3) is 4.24. The van der Waals surface area contributed by atoms with Crippen molar-refractivity contribution in [2.45, 2.75) is 24.8 Å². The fraction of sp³-hybridized carbons (Fsp3) is 0.286. The Morgan fingerprint density at radius 2 is 1.87 bits per heavy atom. The molecule has 1 aliphatic rings. The second-order valence-corrected chi connectivity index (χ2v) is 7.38. The number of alkyl halides is 3. The van der Waals surface area contributed by atoms with Crippen molar-refractivity contribution >= 4 is 22.1 Å². The Balaban J connectivity index is 1.57. The second kappa shape index (κ2) is 7.69. The number of ether oxygens (including phenoxy) is 1. The summed E-state index contributed by atoms with van der Waals surface area (Å²) in [5.74, 6) is -0.380. The van der Waals surface area contributed by atoms with Gasteiger partial charge in [-0.2, -0.15) is 0 Å². The maximum atomic E-state index is 12.5. The van der Waals surface area contributed by atoms with Crippen LogP contribution in [0.3, 0.4) is 0 Å². The van der Waals surface area contributed by atoms with E-state index in [0.717, 1.165) is 5.69 Å². The summed E-state index contributed by atoms with van der Waals surface area (Å²) in [4.78, 5) is 16.8. The van der Waals surface area contributed by atoms with Gasteiger partial charge in [-0.25, -0.2) is 0 Å². The fourth-order valence-corrected chi connectivity index (χ4v) is 3.98. The van der Waals surface area contributed by atoms with Crippen molar-refractivity contribution in [1.29, 1.82) is 0 Å². The Morgan fingerprint density at radius 1 is 1.13 bits per heavy atom. The van der Waals surface area contributed by atoms with Crippen LogP contribution in [0.15, 0.2) is 54.9 Å². The van der Waals surface area contributed by atoms with Gasteiger partial charge in [0.2, 0.25) is 0 Å². The first kappa shape index (κ1) is 20.9. The van der Waals surface area contributed by atoms with Crippen LogP contribution < -0.4 is 9.64 Å². The fourth-order valence-electron chi connectivity index (χ4n) is 3.98. The van der Waals surface area contributed by atoms with Gasteiger partial charge in [-0.15, -0.1) is 13.2 Å². The predicted molar refractivity (Wildman–Crippen MR) is 107 cm³/mol. The third-order valence-corrected chi connectivity index (χ3v) is 5.51. The summed E-state index contributed by atoms with van der Waals surface area (Å²) < 4.78 is 41.5. The van der Waals surface area contributed by atoms with E-state index in [9.17, 15) is 28.4 Å². The van der Waals surface area contributed by atoms with Crippen molar-refractivity contribution in [3.8, 4) is 5.75 Å². The maximum absolute atomic E-state index is 12.5. The number of nitrogens with zero attached hydrogens (tertiary/aromatic N) is 3. The first-order valence-corrected chi connectivity index (χ1v) is 9.51. The van der Waals surface area contributed by atoms with E-state index in [2.05, 4.69) is 9.72 Å². The summed E-state index contributed by atoms with van der Waals surface area (Å²) in [6.07, 6.45) is -1.26. The van der Waals surface area contributed by atoms with Gasteiger partial charge in [-0.05, 0) is 42.7 Å². The van der Waals surface area contributed by atoms with Gasteiger partial charge in [-0.3, -0.25) is 15.1 Å². The lowest BCUT2D eigenvalue weighted by atomic mass is 9.84. The quantitative estimate of drug-likeness (QED) is 0.480. The molecular weight excluding hydrogens is 415 g/mol. The third-order valence-electron chi connectivity index (χ3n) is 5.51. The molecule has 1 saturated heterocycles. The highest BCUT2D eigenvalue weighted by atomic mass is 19.4. The lowest BCUT2D eigenvalue weighted by Crippen LogP contribution is -2.42. The van der Waals surface area contributed by atoms with Gasteiger partial charge >= 0.3 is 6.36 Å². The van der Waals surface area contributed by atoms with Crippen LogP contribution in [0.4, 0.5) is 24.5 Å². The summed E-state index contributed by atoms with van der Waals surface area (Å²) in [6, 6.07) is 10.2. The van der Waals surface area contributed by atoms with Gasteiger partial charge < -0.3 is 14.7 Å². The summed E-state index contributed by atoms with van der Waals surface area (Å²) in [7, 11) is 0. The number of fused-ring (bicyclic) bond motifs is 1. The van der Waals surface area contributed by atoms with Crippen LogP contribution in [0.1, 0.15) is 18.4 Å². The molecule has 0 saturated carbocycles. The van der Waals surface area contributed by atoms with Gasteiger partial charge in [-0.1, -0.05) is 12.1 Å². The minimum atomic E-state index is -4.81. The minimum absolute atomic E-state index is 0.0400. The first-order chi connectivity index (χ1) is 14.7. The predicted octanol–water partition coefficient (Wildman–Crippen LogP) is 4.53. The molecule has 0 spiro atoms. The van der Waals surface area contributed by atoms with E-state index in [-0.39, 0.29) is 24.3 Å². The zero-order chi connectivity index (χ0) is 22.2. The molecule has 3 aromatic rings. The van der Waals surface area contributed by atoms with Gasteiger partial charge in [0.15, 0.2) is 0 Å². The lowest BCUT2D eigenvalue weighted by Gasteiger charge is -2.40. The van der Waals surface area contributed by atoms with Crippen LogP contribution in [-0.2, 0) is 5.60 Å². The zero-order valence-corrected chi connectivity index (χ0v) is 16.2. The molecule has 0 bridgehead atoms. The molecule has 31 heavy (non-hydrogen) atoms. The Bertz CT molecular complexity index is 1130. The number of aromatic nitrogens is 1. The van der Waals surface area contributed by atoms with Gasteiger partial charge in [0, 0.05) is 42.6 Å². The maximum Gasteiger partial charge on any atom is 0.573 e. The summed E-state index contributed by atoms with van der Waals surface area (Å²) in [5.41, 5.74) is -0.215. The molecule has 2 heterocycles. The molecule has 1 aliphatic heterocycles. The molecule has 0 amide bonds. The van der Waals surface area contributed by atoms with E-state index in [1.165, 1.54) is 30.5 Å². The van der Waals surface area contributed by atoms with E-state index in [0.29, 0.717) is 29.4 Å². The molecule has 1 N–H and O–H groups in total. The van der Waals surface area contributed by atoms with Crippen LogP contribution in [-0.4, -0.2) is 34.5 Å². The van der Waals surface area contributed by atoms with Gasteiger partial charge in [0.05, 0.1) is 15.9 Å². The molecule has 162 valence electrons. The number of pyridine rings is 1. The largest absolute Gasteiger partial charge is 0.573 e. The molecule has 0 aliphatic carbocycles. The average molecular weight is 433 g/mol. The molecule has 2 aromatic carbocycles. The smallest absolute Gasteiger partial charge is 0.406 e. The van der Waals surface area contributed by atoms with E-state index in [4.69, 9.17) is 0 Å². The Hall–Kier alpha value is -3.40. The van der Waals surface area contributed by atoms with E-state index in [1.54, 1.807) is 24.4 Å². The SMILES string of the molecule is O=[N+]([O-])c1ccc(N2CCC(O)(c3cccc(OC(F)(F)F)c3)CC2)c2ccncc12. The number of benzene rings is 2. The zero-order valence-electron chi connectivity index (χ0n) is 16.2. The molecule has 0 radical (unpaired) electrons. The monoisotopic (exact) mass is 433 g/mol. The topological polar surface area (TPSA) is 88.7 Å². The molecular formula is C21H18F3N3O4. The van der Waals surface area contributed by atoms with E-state index < -0.39 is 16.9 Å². The lowest BCUT2D eigenvalue weighted by molar-refractivity contribution is -0.383. The second-order valence-electron chi connectivity index (χ2n) is 7.38. The molecule has 1 aromatic heterocycles. The Labute approximate surface area is 174 Å². The molecule has 7 nitrogen and oxygen atoms in total. The normalized spacial score (nSPS) is 16.3.